The van der Waals surface area contributed by atoms with E-state index in [1.807, 2.05) is 20.2 Å². The van der Waals surface area contributed by atoms with Gasteiger partial charge in [-0.15, -0.1) is 0 Å². The number of nitrogens with zero attached hydrogens (tertiary/aromatic N) is 2. The van der Waals surface area contributed by atoms with Gasteiger partial charge < -0.3 is 10.2 Å². The Labute approximate surface area is 133 Å². The number of hydrogen-bond acceptors (Lipinski definition) is 3. The summed E-state index contributed by atoms with van der Waals surface area (Å²) in [6.45, 7) is 0.835. The lowest BCUT2D eigenvalue weighted by Crippen LogP contribution is -2.28. The van der Waals surface area contributed by atoms with Gasteiger partial charge in [0.2, 0.25) is 5.91 Å². The molecule has 6 heteroatoms. The van der Waals surface area contributed by atoms with Gasteiger partial charge in [0.05, 0.1) is 9.50 Å². The van der Waals surface area contributed by atoms with E-state index >= 15 is 0 Å². The lowest BCUT2D eigenvalue weighted by Gasteiger charge is -2.16. The number of anilines is 1. The van der Waals surface area contributed by atoms with Crippen LogP contribution in [0.25, 0.3) is 0 Å². The summed E-state index contributed by atoms with van der Waals surface area (Å²) in [5.74, 6) is 1.73. The van der Waals surface area contributed by atoms with Crippen LogP contribution in [-0.2, 0) is 4.79 Å². The van der Waals surface area contributed by atoms with Crippen LogP contribution >= 0.6 is 27.5 Å². The third-order valence-corrected chi connectivity index (χ3v) is 4.88. The molecule has 1 saturated carbocycles. The first-order valence-electron chi connectivity index (χ1n) is 6.73. The number of halogens is 2. The monoisotopic (exact) mass is 359 g/mol. The van der Waals surface area contributed by atoms with Crippen LogP contribution in [0.2, 0.25) is 5.02 Å². The van der Waals surface area contributed by atoms with E-state index in [0.717, 1.165) is 36.1 Å². The second-order valence-electron chi connectivity index (χ2n) is 5.47. The minimum absolute atomic E-state index is 0.179. The van der Waals surface area contributed by atoms with Crippen molar-refractivity contribution >= 4 is 39.3 Å². The van der Waals surface area contributed by atoms with Gasteiger partial charge in [0.1, 0.15) is 5.82 Å². The molecule has 110 valence electrons. The Morgan fingerprint density at radius 2 is 2.30 bits per heavy atom. The van der Waals surface area contributed by atoms with Crippen molar-refractivity contribution in [1.82, 2.24) is 9.88 Å². The lowest BCUT2D eigenvalue weighted by molar-refractivity contribution is -0.132. The fraction of sp³-hybridized carbons (Fsp3) is 0.571. The molecule has 0 saturated heterocycles. The van der Waals surface area contributed by atoms with Crippen molar-refractivity contribution in [3.8, 4) is 0 Å². The second kappa shape index (κ2) is 6.76. The predicted octanol–water partition coefficient (Wildman–Crippen LogP) is 3.41. The number of nitrogens with one attached hydrogen (secondary N) is 1. The summed E-state index contributed by atoms with van der Waals surface area (Å²) < 4.78 is 0.794. The van der Waals surface area contributed by atoms with Gasteiger partial charge in [-0.3, -0.25) is 4.79 Å². The molecule has 20 heavy (non-hydrogen) atoms. The quantitative estimate of drug-likeness (QED) is 0.895. The van der Waals surface area contributed by atoms with Gasteiger partial charge in [0, 0.05) is 38.8 Å². The van der Waals surface area contributed by atoms with Crippen molar-refractivity contribution in [3.63, 3.8) is 0 Å². The average Bonchev–Trinajstić information content (AvgIpc) is 2.88. The number of hydrogen-bond donors (Lipinski definition) is 1. The molecule has 1 N–H and O–H groups in total. The number of carbonyl (C=O) groups is 1. The molecule has 2 unspecified atom stereocenters. The lowest BCUT2D eigenvalue weighted by atomic mass is 10.0. The largest absolute Gasteiger partial charge is 0.370 e. The Morgan fingerprint density at radius 1 is 1.55 bits per heavy atom. The molecule has 4 nitrogen and oxygen atoms in total. The van der Waals surface area contributed by atoms with Gasteiger partial charge in [-0.25, -0.2) is 4.98 Å². The first-order chi connectivity index (χ1) is 9.47. The molecule has 1 aliphatic rings. The molecule has 0 spiro atoms. The number of pyridine rings is 1. The van der Waals surface area contributed by atoms with E-state index in [1.165, 1.54) is 0 Å². The van der Waals surface area contributed by atoms with E-state index in [9.17, 15) is 4.79 Å². The van der Waals surface area contributed by atoms with Gasteiger partial charge >= 0.3 is 0 Å². The molecule has 1 aliphatic carbocycles. The van der Waals surface area contributed by atoms with Crippen molar-refractivity contribution in [2.75, 3.05) is 26.0 Å². The van der Waals surface area contributed by atoms with Crippen molar-refractivity contribution < 1.29 is 4.79 Å². The number of carbonyl (C=O) groups excluding carboxylic acids is 1. The normalized spacial score (nSPS) is 21.8. The van der Waals surface area contributed by atoms with Crippen LogP contribution in [0, 0.1) is 11.8 Å². The standard InChI is InChI=1S/C14H19BrClN3O/c1-19(2)14(20)10-4-3-9(5-10)7-17-13-6-12(16)11(15)8-18-13/h6,8-10H,3-5,7H2,1-2H3,(H,17,18). The average molecular weight is 361 g/mol. The van der Waals surface area contributed by atoms with Gasteiger partial charge in [-0.1, -0.05) is 11.6 Å². The minimum Gasteiger partial charge on any atom is -0.370 e. The molecule has 1 amide bonds. The number of amides is 1. The van der Waals surface area contributed by atoms with E-state index in [4.69, 9.17) is 11.6 Å². The Balaban J connectivity index is 1.83. The van der Waals surface area contributed by atoms with E-state index < -0.39 is 0 Å². The highest BCUT2D eigenvalue weighted by Crippen LogP contribution is 2.32. The zero-order chi connectivity index (χ0) is 14.7. The van der Waals surface area contributed by atoms with Crippen molar-refractivity contribution in [2.45, 2.75) is 19.3 Å². The molecule has 2 atom stereocenters. The van der Waals surface area contributed by atoms with Crippen molar-refractivity contribution in [3.05, 3.63) is 21.8 Å². The summed E-state index contributed by atoms with van der Waals surface area (Å²) in [6, 6.07) is 1.81. The number of rotatable bonds is 4. The van der Waals surface area contributed by atoms with E-state index in [-0.39, 0.29) is 11.8 Å². The van der Waals surface area contributed by atoms with Crippen molar-refractivity contribution in [1.29, 1.82) is 0 Å². The van der Waals surface area contributed by atoms with Crippen LogP contribution in [-0.4, -0.2) is 36.4 Å². The third-order valence-electron chi connectivity index (χ3n) is 3.71. The summed E-state index contributed by atoms with van der Waals surface area (Å²) in [6.07, 6.45) is 4.71. The molecular weight excluding hydrogens is 342 g/mol. The van der Waals surface area contributed by atoms with E-state index in [1.54, 1.807) is 11.1 Å². The van der Waals surface area contributed by atoms with Crippen LogP contribution in [0.5, 0.6) is 0 Å². The van der Waals surface area contributed by atoms with E-state index in [0.29, 0.717) is 10.9 Å². The highest BCUT2D eigenvalue weighted by molar-refractivity contribution is 9.10. The van der Waals surface area contributed by atoms with Crippen molar-refractivity contribution in [2.24, 2.45) is 11.8 Å². The van der Waals surface area contributed by atoms with Gasteiger partial charge in [-0.05, 0) is 41.1 Å². The maximum absolute atomic E-state index is 11.9. The summed E-state index contributed by atoms with van der Waals surface area (Å²) in [5.41, 5.74) is 0. The molecule has 1 fully saturated rings. The zero-order valence-electron chi connectivity index (χ0n) is 11.7. The first kappa shape index (κ1) is 15.6. The SMILES string of the molecule is CN(C)C(=O)C1CCC(CNc2cc(Cl)c(Br)cn2)C1. The number of aromatic nitrogens is 1. The Bertz CT molecular complexity index is 495. The molecule has 1 aromatic heterocycles. The topological polar surface area (TPSA) is 45.2 Å². The molecule has 0 aromatic carbocycles. The molecule has 1 aromatic rings. The Kier molecular flexibility index (Phi) is 5.27. The molecule has 0 radical (unpaired) electrons. The van der Waals surface area contributed by atoms with Crippen LogP contribution in [0.1, 0.15) is 19.3 Å². The van der Waals surface area contributed by atoms with Gasteiger partial charge in [-0.2, -0.15) is 0 Å². The summed E-state index contributed by atoms with van der Waals surface area (Å²) >= 11 is 9.35. The second-order valence-corrected chi connectivity index (χ2v) is 6.73. The van der Waals surface area contributed by atoms with Crippen LogP contribution in [0.4, 0.5) is 5.82 Å². The zero-order valence-corrected chi connectivity index (χ0v) is 14.0. The van der Waals surface area contributed by atoms with Crippen LogP contribution in [0.15, 0.2) is 16.7 Å². The predicted molar refractivity (Wildman–Crippen MR) is 85.0 cm³/mol. The Hall–Kier alpha value is -0.810. The van der Waals surface area contributed by atoms with E-state index in [2.05, 4.69) is 26.2 Å². The highest BCUT2D eigenvalue weighted by Gasteiger charge is 2.30. The highest BCUT2D eigenvalue weighted by atomic mass is 79.9. The first-order valence-corrected chi connectivity index (χ1v) is 7.90. The minimum atomic E-state index is 0.179. The summed E-state index contributed by atoms with van der Waals surface area (Å²) in [7, 11) is 3.64. The smallest absolute Gasteiger partial charge is 0.225 e. The molecule has 2 rings (SSSR count). The van der Waals surface area contributed by atoms with Gasteiger partial charge in [0.25, 0.3) is 0 Å². The van der Waals surface area contributed by atoms with Gasteiger partial charge in [0.15, 0.2) is 0 Å². The van der Waals surface area contributed by atoms with Crippen LogP contribution < -0.4 is 5.32 Å². The summed E-state index contributed by atoms with van der Waals surface area (Å²) in [4.78, 5) is 17.9. The summed E-state index contributed by atoms with van der Waals surface area (Å²) in [5, 5.41) is 3.95. The Morgan fingerprint density at radius 3 is 2.95 bits per heavy atom. The fourth-order valence-corrected chi connectivity index (χ4v) is 2.98. The fourth-order valence-electron chi connectivity index (χ4n) is 2.61. The van der Waals surface area contributed by atoms with Crippen LogP contribution in [0.3, 0.4) is 0 Å². The molecule has 1 heterocycles. The maximum atomic E-state index is 11.9. The molecular formula is C14H19BrClN3O. The third kappa shape index (κ3) is 3.85. The maximum Gasteiger partial charge on any atom is 0.225 e. The molecule has 0 bridgehead atoms. The molecule has 0 aliphatic heterocycles.